The van der Waals surface area contributed by atoms with Gasteiger partial charge in [-0.25, -0.2) is 0 Å². The van der Waals surface area contributed by atoms with E-state index in [4.69, 9.17) is 9.68 Å². The Hall–Kier alpha value is -1.75. The largest absolute Gasteiger partial charge is 0.461 e. The van der Waals surface area contributed by atoms with Gasteiger partial charge in [0, 0.05) is 5.39 Å². The van der Waals surface area contributed by atoms with Crippen molar-refractivity contribution in [2.45, 2.75) is 6.92 Å². The molecule has 0 aliphatic rings. The van der Waals surface area contributed by atoms with Gasteiger partial charge in [-0.3, -0.25) is 0 Å². The zero-order valence-corrected chi connectivity index (χ0v) is 6.66. The number of furan rings is 1. The third-order valence-electron chi connectivity index (χ3n) is 1.77. The summed E-state index contributed by atoms with van der Waals surface area (Å²) in [5.74, 6) is 0.875. The zero-order valence-electron chi connectivity index (χ0n) is 6.66. The van der Waals surface area contributed by atoms with Crippen LogP contribution in [0.4, 0.5) is 0 Å². The first-order chi connectivity index (χ1) is 5.79. The molecule has 0 amide bonds. The summed E-state index contributed by atoms with van der Waals surface area (Å²) in [6.07, 6.45) is 0. The molecule has 0 aliphatic heterocycles. The van der Waals surface area contributed by atoms with Crippen LogP contribution in [0.15, 0.2) is 28.7 Å². The third kappa shape index (κ3) is 0.960. The predicted molar refractivity (Wildman–Crippen MR) is 45.7 cm³/mol. The monoisotopic (exact) mass is 157 g/mol. The van der Waals surface area contributed by atoms with Gasteiger partial charge in [0.05, 0.1) is 11.6 Å². The van der Waals surface area contributed by atoms with Gasteiger partial charge in [0.15, 0.2) is 0 Å². The average molecular weight is 157 g/mol. The summed E-state index contributed by atoms with van der Waals surface area (Å²) in [7, 11) is 0. The van der Waals surface area contributed by atoms with Gasteiger partial charge in [0.25, 0.3) is 0 Å². The quantitative estimate of drug-likeness (QED) is 0.589. The Bertz CT molecular complexity index is 462. The van der Waals surface area contributed by atoms with Gasteiger partial charge in [0.2, 0.25) is 0 Å². The van der Waals surface area contributed by atoms with E-state index in [1.165, 1.54) is 0 Å². The molecule has 1 heterocycles. The molecule has 0 saturated heterocycles. The van der Waals surface area contributed by atoms with E-state index in [1.807, 2.05) is 25.1 Å². The molecule has 0 saturated carbocycles. The van der Waals surface area contributed by atoms with Crippen molar-refractivity contribution >= 4 is 11.0 Å². The van der Waals surface area contributed by atoms with E-state index < -0.39 is 0 Å². The first-order valence-electron chi connectivity index (χ1n) is 3.70. The molecule has 2 nitrogen and oxygen atoms in total. The second-order valence-corrected chi connectivity index (χ2v) is 2.72. The molecule has 58 valence electrons. The van der Waals surface area contributed by atoms with Crippen molar-refractivity contribution in [2.24, 2.45) is 0 Å². The zero-order chi connectivity index (χ0) is 8.55. The lowest BCUT2D eigenvalue weighted by atomic mass is 10.2. The van der Waals surface area contributed by atoms with Crippen LogP contribution in [0.25, 0.3) is 11.0 Å². The summed E-state index contributed by atoms with van der Waals surface area (Å²) < 4.78 is 5.36. The number of benzene rings is 1. The molecule has 12 heavy (non-hydrogen) atoms. The van der Waals surface area contributed by atoms with Crippen molar-refractivity contribution in [1.29, 1.82) is 5.26 Å². The normalized spacial score (nSPS) is 10.0. The van der Waals surface area contributed by atoms with Crippen molar-refractivity contribution in [3.05, 3.63) is 35.6 Å². The molecule has 1 aromatic heterocycles. The minimum atomic E-state index is 0.670. The van der Waals surface area contributed by atoms with E-state index in [1.54, 1.807) is 6.07 Å². The van der Waals surface area contributed by atoms with Crippen LogP contribution in [-0.4, -0.2) is 0 Å². The first kappa shape index (κ1) is 6.93. The molecule has 0 fully saturated rings. The van der Waals surface area contributed by atoms with Crippen molar-refractivity contribution in [1.82, 2.24) is 0 Å². The van der Waals surface area contributed by atoms with Gasteiger partial charge in [0.1, 0.15) is 11.3 Å². The van der Waals surface area contributed by atoms with Gasteiger partial charge in [-0.05, 0) is 31.2 Å². The molecule has 1 aromatic carbocycles. The minimum Gasteiger partial charge on any atom is -0.461 e. The predicted octanol–water partition coefficient (Wildman–Crippen LogP) is 2.61. The van der Waals surface area contributed by atoms with Crippen molar-refractivity contribution in [3.8, 4) is 6.07 Å². The fraction of sp³-hybridized carbons (Fsp3) is 0.100. The second kappa shape index (κ2) is 2.38. The fourth-order valence-electron chi connectivity index (χ4n) is 1.25. The van der Waals surface area contributed by atoms with Crippen molar-refractivity contribution in [2.75, 3.05) is 0 Å². The van der Waals surface area contributed by atoms with Gasteiger partial charge in [-0.2, -0.15) is 5.26 Å². The number of nitrogens with zero attached hydrogens (tertiary/aromatic N) is 1. The summed E-state index contributed by atoms with van der Waals surface area (Å²) in [6.45, 7) is 1.89. The smallest absolute Gasteiger partial charge is 0.134 e. The first-order valence-corrected chi connectivity index (χ1v) is 3.70. The van der Waals surface area contributed by atoms with Gasteiger partial charge >= 0.3 is 0 Å². The third-order valence-corrected chi connectivity index (χ3v) is 1.77. The number of nitriles is 1. The molecule has 2 aromatic rings. The molecular weight excluding hydrogens is 150 g/mol. The standard InChI is InChI=1S/C10H7NO/c1-7-4-9-5-8(6-11)2-3-10(9)12-7/h2-5H,1H3. The summed E-state index contributed by atoms with van der Waals surface area (Å²) in [5, 5.41) is 9.62. The summed E-state index contributed by atoms with van der Waals surface area (Å²) >= 11 is 0. The van der Waals surface area contributed by atoms with Crippen LogP contribution in [-0.2, 0) is 0 Å². The van der Waals surface area contributed by atoms with Crippen molar-refractivity contribution < 1.29 is 4.42 Å². The SMILES string of the molecule is Cc1cc2cc(C#N)ccc2o1. The lowest BCUT2D eigenvalue weighted by Crippen LogP contribution is -1.70. The molecule has 0 unspecified atom stereocenters. The Kier molecular flexibility index (Phi) is 1.38. The maximum Gasteiger partial charge on any atom is 0.134 e. The number of fused-ring (bicyclic) bond motifs is 1. The summed E-state index contributed by atoms with van der Waals surface area (Å²) in [6, 6.07) is 9.41. The molecular formula is C10H7NO. The van der Waals surface area contributed by atoms with Gasteiger partial charge in [-0.1, -0.05) is 0 Å². The highest BCUT2D eigenvalue weighted by molar-refractivity contribution is 5.79. The van der Waals surface area contributed by atoms with E-state index in [0.29, 0.717) is 5.56 Å². The fourth-order valence-corrected chi connectivity index (χ4v) is 1.25. The Balaban J connectivity index is 2.77. The summed E-state index contributed by atoms with van der Waals surface area (Å²) in [5.41, 5.74) is 1.51. The van der Waals surface area contributed by atoms with Crippen LogP contribution in [0.1, 0.15) is 11.3 Å². The average Bonchev–Trinajstić information content (AvgIpc) is 2.43. The van der Waals surface area contributed by atoms with Crippen LogP contribution in [0, 0.1) is 18.3 Å². The molecule has 0 N–H and O–H groups in total. The van der Waals surface area contributed by atoms with Gasteiger partial charge < -0.3 is 4.42 Å². The van der Waals surface area contributed by atoms with Crippen LogP contribution >= 0.6 is 0 Å². The molecule has 2 heteroatoms. The lowest BCUT2D eigenvalue weighted by Gasteiger charge is -1.87. The Morgan fingerprint density at radius 2 is 2.17 bits per heavy atom. The highest BCUT2D eigenvalue weighted by atomic mass is 16.3. The molecule has 0 atom stereocenters. The number of hydrogen-bond donors (Lipinski definition) is 0. The molecule has 0 bridgehead atoms. The van der Waals surface area contributed by atoms with E-state index in [9.17, 15) is 0 Å². The molecule has 0 spiro atoms. The maximum absolute atomic E-state index is 8.62. The molecule has 2 rings (SSSR count). The van der Waals surface area contributed by atoms with E-state index in [2.05, 4.69) is 6.07 Å². The second-order valence-electron chi connectivity index (χ2n) is 2.72. The van der Waals surface area contributed by atoms with Crippen LogP contribution in [0.5, 0.6) is 0 Å². The Morgan fingerprint density at radius 1 is 1.33 bits per heavy atom. The van der Waals surface area contributed by atoms with Crippen LogP contribution in [0.2, 0.25) is 0 Å². The molecule has 0 radical (unpaired) electrons. The van der Waals surface area contributed by atoms with E-state index >= 15 is 0 Å². The lowest BCUT2D eigenvalue weighted by molar-refractivity contribution is 0.578. The topological polar surface area (TPSA) is 36.9 Å². The minimum absolute atomic E-state index is 0.670. The highest BCUT2D eigenvalue weighted by Gasteiger charge is 1.99. The van der Waals surface area contributed by atoms with Crippen LogP contribution < -0.4 is 0 Å². The van der Waals surface area contributed by atoms with E-state index in [-0.39, 0.29) is 0 Å². The number of hydrogen-bond acceptors (Lipinski definition) is 2. The number of rotatable bonds is 0. The Morgan fingerprint density at radius 3 is 2.92 bits per heavy atom. The molecule has 0 aliphatic carbocycles. The van der Waals surface area contributed by atoms with E-state index in [0.717, 1.165) is 16.7 Å². The van der Waals surface area contributed by atoms with Crippen molar-refractivity contribution in [3.63, 3.8) is 0 Å². The van der Waals surface area contributed by atoms with Gasteiger partial charge in [-0.15, -0.1) is 0 Å². The highest BCUT2D eigenvalue weighted by Crippen LogP contribution is 2.19. The Labute approximate surface area is 70.0 Å². The maximum atomic E-state index is 8.62. The summed E-state index contributed by atoms with van der Waals surface area (Å²) in [4.78, 5) is 0. The number of aryl methyl sites for hydroxylation is 1. The van der Waals surface area contributed by atoms with Crippen LogP contribution in [0.3, 0.4) is 0 Å².